The molecule has 1 aromatic heterocycles. The van der Waals surface area contributed by atoms with E-state index in [2.05, 4.69) is 13.0 Å². The first-order chi connectivity index (χ1) is 13.4. The number of hydrogen-bond donors (Lipinski definition) is 0. The molecule has 0 amide bonds. The molecule has 1 heterocycles. The Morgan fingerprint density at radius 3 is 2.61 bits per heavy atom. The van der Waals surface area contributed by atoms with Crippen molar-refractivity contribution in [2.45, 2.75) is 65.7 Å². The first kappa shape index (κ1) is 23.7. The van der Waals surface area contributed by atoms with Crippen LogP contribution < -0.4 is 0 Å². The molecule has 0 aliphatic carbocycles. The van der Waals surface area contributed by atoms with Crippen molar-refractivity contribution in [3.05, 3.63) is 47.5 Å². The summed E-state index contributed by atoms with van der Waals surface area (Å²) < 4.78 is 15.0. The van der Waals surface area contributed by atoms with Crippen LogP contribution in [0.3, 0.4) is 0 Å². The molecule has 5 nitrogen and oxygen atoms in total. The molecule has 0 aromatic carbocycles. The van der Waals surface area contributed by atoms with Crippen LogP contribution >= 0.6 is 0 Å². The lowest BCUT2D eigenvalue weighted by Crippen LogP contribution is -2.10. The van der Waals surface area contributed by atoms with Crippen LogP contribution in [0.15, 0.2) is 46.3 Å². The fourth-order valence-corrected chi connectivity index (χ4v) is 2.90. The first-order valence-electron chi connectivity index (χ1n) is 9.99. The average molecular weight is 391 g/mol. The first-order valence-corrected chi connectivity index (χ1v) is 9.99. The van der Waals surface area contributed by atoms with E-state index < -0.39 is 0 Å². The minimum atomic E-state index is -0.255. The van der Waals surface area contributed by atoms with Gasteiger partial charge < -0.3 is 13.9 Å². The zero-order chi connectivity index (χ0) is 20.8. The van der Waals surface area contributed by atoms with Crippen molar-refractivity contribution < 1.29 is 23.5 Å². The van der Waals surface area contributed by atoms with E-state index in [4.69, 9.17) is 13.9 Å². The second kappa shape index (κ2) is 13.8. The SMILES string of the molecule is COC(=O)/C(=C/CC/C(C)=C/CCc1ccoc1)CCC[C@H](C)COC(C)=O. The maximum absolute atomic E-state index is 12.0. The largest absolute Gasteiger partial charge is 0.472 e. The number of rotatable bonds is 13. The minimum absolute atomic E-state index is 0.254. The van der Waals surface area contributed by atoms with Crippen molar-refractivity contribution in [1.29, 1.82) is 0 Å². The molecule has 5 heteroatoms. The van der Waals surface area contributed by atoms with Crippen LogP contribution in [0.5, 0.6) is 0 Å². The van der Waals surface area contributed by atoms with Gasteiger partial charge in [-0.2, -0.15) is 0 Å². The predicted octanol–water partition coefficient (Wildman–Crippen LogP) is 5.41. The normalized spacial score (nSPS) is 13.3. The van der Waals surface area contributed by atoms with E-state index in [0.29, 0.717) is 13.0 Å². The van der Waals surface area contributed by atoms with Crippen molar-refractivity contribution in [1.82, 2.24) is 0 Å². The molecule has 0 spiro atoms. The van der Waals surface area contributed by atoms with Crippen molar-refractivity contribution in [3.63, 3.8) is 0 Å². The lowest BCUT2D eigenvalue weighted by Gasteiger charge is -2.11. The van der Waals surface area contributed by atoms with E-state index in [1.807, 2.05) is 19.1 Å². The molecule has 0 radical (unpaired) electrons. The lowest BCUT2D eigenvalue weighted by molar-refractivity contribution is -0.142. The fraction of sp³-hybridized carbons (Fsp3) is 0.565. The average Bonchev–Trinajstić information content (AvgIpc) is 3.18. The Bertz CT molecular complexity index is 640. The van der Waals surface area contributed by atoms with Gasteiger partial charge in [0.2, 0.25) is 0 Å². The Morgan fingerprint density at radius 1 is 1.18 bits per heavy atom. The van der Waals surface area contributed by atoms with Crippen LogP contribution in [-0.4, -0.2) is 25.7 Å². The standard InChI is InChI=1S/C23H34O5/c1-18(8-5-11-21-14-15-27-17-21)9-6-12-22(23(25)26-4)13-7-10-19(2)16-28-20(3)24/h8,12,14-15,17,19H,5-7,9-11,13,16H2,1-4H3/b18-8+,22-12+/t19-/m0/s1. The van der Waals surface area contributed by atoms with Gasteiger partial charge in [0.25, 0.3) is 0 Å². The van der Waals surface area contributed by atoms with Gasteiger partial charge in [-0.05, 0) is 69.4 Å². The second-order valence-electron chi connectivity index (χ2n) is 7.28. The number of hydrogen-bond acceptors (Lipinski definition) is 5. The highest BCUT2D eigenvalue weighted by atomic mass is 16.5. The molecule has 0 unspecified atom stereocenters. The van der Waals surface area contributed by atoms with Crippen LogP contribution in [-0.2, 0) is 25.5 Å². The van der Waals surface area contributed by atoms with Crippen molar-refractivity contribution in [2.75, 3.05) is 13.7 Å². The Balaban J connectivity index is 2.38. The summed E-state index contributed by atoms with van der Waals surface area (Å²) in [6.45, 7) is 6.01. The molecule has 0 saturated heterocycles. The van der Waals surface area contributed by atoms with Gasteiger partial charge in [0.15, 0.2) is 0 Å². The fourth-order valence-electron chi connectivity index (χ4n) is 2.90. The number of esters is 2. The summed E-state index contributed by atoms with van der Waals surface area (Å²) in [6.07, 6.45) is 13.9. The Kier molecular flexibility index (Phi) is 11.7. The number of allylic oxidation sites excluding steroid dienone is 3. The van der Waals surface area contributed by atoms with Crippen molar-refractivity contribution in [3.8, 4) is 0 Å². The predicted molar refractivity (Wildman–Crippen MR) is 110 cm³/mol. The van der Waals surface area contributed by atoms with Gasteiger partial charge in [-0.1, -0.05) is 24.6 Å². The van der Waals surface area contributed by atoms with Crippen molar-refractivity contribution in [2.24, 2.45) is 5.92 Å². The van der Waals surface area contributed by atoms with E-state index in [1.54, 1.807) is 12.5 Å². The second-order valence-corrected chi connectivity index (χ2v) is 7.28. The lowest BCUT2D eigenvalue weighted by atomic mass is 10.00. The van der Waals surface area contributed by atoms with E-state index in [1.165, 1.54) is 25.2 Å². The van der Waals surface area contributed by atoms with Crippen LogP contribution in [0, 0.1) is 5.92 Å². The van der Waals surface area contributed by atoms with Crippen LogP contribution in [0.1, 0.15) is 64.9 Å². The maximum atomic E-state index is 12.0. The van der Waals surface area contributed by atoms with Crippen LogP contribution in [0.4, 0.5) is 0 Å². The Labute approximate surface area is 168 Å². The molecule has 0 fully saturated rings. The number of methoxy groups -OCH3 is 1. The smallest absolute Gasteiger partial charge is 0.333 e. The van der Waals surface area contributed by atoms with Gasteiger partial charge in [-0.3, -0.25) is 4.79 Å². The summed E-state index contributed by atoms with van der Waals surface area (Å²) >= 11 is 0. The molecule has 1 aromatic rings. The highest BCUT2D eigenvalue weighted by Gasteiger charge is 2.11. The monoisotopic (exact) mass is 390 g/mol. The van der Waals surface area contributed by atoms with E-state index >= 15 is 0 Å². The molecule has 28 heavy (non-hydrogen) atoms. The number of aryl methyl sites for hydroxylation is 1. The van der Waals surface area contributed by atoms with E-state index in [0.717, 1.165) is 44.1 Å². The molecule has 0 aliphatic heterocycles. The van der Waals surface area contributed by atoms with Gasteiger partial charge in [-0.25, -0.2) is 4.79 Å². The highest BCUT2D eigenvalue weighted by Crippen LogP contribution is 2.17. The number of furan rings is 1. The van der Waals surface area contributed by atoms with Gasteiger partial charge in [0.05, 0.1) is 26.2 Å². The topological polar surface area (TPSA) is 65.7 Å². The molecular formula is C23H34O5. The number of ether oxygens (including phenoxy) is 2. The summed E-state index contributed by atoms with van der Waals surface area (Å²) in [5.41, 5.74) is 3.26. The third-order valence-electron chi connectivity index (χ3n) is 4.60. The summed E-state index contributed by atoms with van der Waals surface area (Å²) in [5, 5.41) is 0. The molecule has 1 atom stereocenters. The highest BCUT2D eigenvalue weighted by molar-refractivity contribution is 5.88. The third kappa shape index (κ3) is 10.8. The van der Waals surface area contributed by atoms with E-state index in [-0.39, 0.29) is 17.9 Å². The summed E-state index contributed by atoms with van der Waals surface area (Å²) in [4.78, 5) is 22.9. The molecule has 0 aliphatic rings. The summed E-state index contributed by atoms with van der Waals surface area (Å²) in [7, 11) is 1.42. The molecule has 1 rings (SSSR count). The minimum Gasteiger partial charge on any atom is -0.472 e. The molecule has 156 valence electrons. The molecule has 0 saturated carbocycles. The van der Waals surface area contributed by atoms with Crippen LogP contribution in [0.2, 0.25) is 0 Å². The maximum Gasteiger partial charge on any atom is 0.333 e. The quantitative estimate of drug-likeness (QED) is 0.256. The Morgan fingerprint density at radius 2 is 1.96 bits per heavy atom. The third-order valence-corrected chi connectivity index (χ3v) is 4.60. The molecule has 0 N–H and O–H groups in total. The zero-order valence-electron chi connectivity index (χ0n) is 17.7. The number of carbonyl (C=O) groups is 2. The van der Waals surface area contributed by atoms with Crippen LogP contribution in [0.25, 0.3) is 0 Å². The van der Waals surface area contributed by atoms with Gasteiger partial charge in [0, 0.05) is 12.5 Å². The van der Waals surface area contributed by atoms with E-state index in [9.17, 15) is 9.59 Å². The Hall–Kier alpha value is -2.30. The zero-order valence-corrected chi connectivity index (χ0v) is 17.7. The summed E-state index contributed by atoms with van der Waals surface area (Å²) in [5.74, 6) is -0.229. The van der Waals surface area contributed by atoms with Gasteiger partial charge in [0.1, 0.15) is 0 Å². The van der Waals surface area contributed by atoms with Crippen molar-refractivity contribution >= 4 is 11.9 Å². The van der Waals surface area contributed by atoms with Gasteiger partial charge >= 0.3 is 11.9 Å². The number of carbonyl (C=O) groups excluding carboxylic acids is 2. The molecular weight excluding hydrogens is 356 g/mol. The summed E-state index contributed by atoms with van der Waals surface area (Å²) in [6, 6.07) is 1.99. The molecule has 0 bridgehead atoms. The van der Waals surface area contributed by atoms with Gasteiger partial charge in [-0.15, -0.1) is 0 Å².